The molecule has 0 unspecified atom stereocenters. The zero-order chi connectivity index (χ0) is 81.3. The number of amides is 13. The van der Waals surface area contributed by atoms with E-state index in [-0.39, 0.29) is 49.5 Å². The summed E-state index contributed by atoms with van der Waals surface area (Å²) in [4.78, 5) is 196. The number of aromatic hydroxyl groups is 1. The Labute approximate surface area is 648 Å². The van der Waals surface area contributed by atoms with E-state index >= 15 is 9.59 Å². The first kappa shape index (κ1) is 87.1. The minimum Gasteiger partial charge on any atom is -0.508 e. The lowest BCUT2D eigenvalue weighted by Crippen LogP contribution is -2.68. The summed E-state index contributed by atoms with van der Waals surface area (Å²) < 4.78 is 0. The number of aliphatic hydroxyl groups excluding tert-OH is 2. The number of nitrogens with two attached hydrogens (primary N) is 1. The van der Waals surface area contributed by atoms with E-state index in [9.17, 15) is 68.1 Å². The highest BCUT2D eigenvalue weighted by Gasteiger charge is 2.48. The van der Waals surface area contributed by atoms with Crippen LogP contribution in [0.25, 0.3) is 11.0 Å². The van der Waals surface area contributed by atoms with Gasteiger partial charge in [0.05, 0.1) is 12.2 Å². The maximum absolute atomic E-state index is 15.2. The van der Waals surface area contributed by atoms with E-state index < -0.39 is 171 Å². The van der Waals surface area contributed by atoms with Crippen LogP contribution in [0, 0.1) is 11.3 Å². The lowest BCUT2D eigenvalue weighted by Gasteiger charge is -2.37. The largest absolute Gasteiger partial charge is 0.508 e. The van der Waals surface area contributed by atoms with Crippen molar-refractivity contribution in [1.82, 2.24) is 73.4 Å². The highest BCUT2D eigenvalue weighted by molar-refractivity contribution is 7.98. The van der Waals surface area contributed by atoms with Crippen LogP contribution in [-0.2, 0) is 93.1 Å². The van der Waals surface area contributed by atoms with Gasteiger partial charge in [0.15, 0.2) is 0 Å². The summed E-state index contributed by atoms with van der Waals surface area (Å²) in [5.74, 6) is -11.5. The van der Waals surface area contributed by atoms with Crippen molar-refractivity contribution in [2.24, 2.45) is 17.1 Å². The van der Waals surface area contributed by atoms with Crippen molar-refractivity contribution in [3.05, 3.63) is 131 Å². The minimum atomic E-state index is -2.25. The van der Waals surface area contributed by atoms with Gasteiger partial charge in [0, 0.05) is 73.5 Å². The second-order valence-electron chi connectivity index (χ2n) is 30.4. The van der Waals surface area contributed by atoms with Gasteiger partial charge in [-0.1, -0.05) is 101 Å². The van der Waals surface area contributed by atoms with Crippen molar-refractivity contribution in [1.29, 1.82) is 0 Å². The normalized spacial score (nSPS) is 26.3. The van der Waals surface area contributed by atoms with Gasteiger partial charge in [0.2, 0.25) is 76.8 Å². The zero-order valence-corrected chi connectivity index (χ0v) is 65.9. The number of rotatable bonds is 11. The number of aromatic amines is 1. The average molecular weight is 1560 g/mol. The molecule has 31 nitrogen and oxygen atoms in total. The Balaban J connectivity index is 1.24. The number of H-pyrrole nitrogens is 1. The smallest absolute Gasteiger partial charge is 0.248 e. The van der Waals surface area contributed by atoms with E-state index in [4.69, 9.17) is 5.73 Å². The number of carbonyl (C=O) groups excluding carboxylic acids is 13. The number of primary amides is 1. The molecule has 0 aliphatic carbocycles. The van der Waals surface area contributed by atoms with E-state index in [0.717, 1.165) is 11.1 Å². The molecule has 2 aromatic heterocycles. The number of nitrogens with one attached hydrogen (secondary N) is 12. The summed E-state index contributed by atoms with van der Waals surface area (Å²) in [6.07, 6.45) is -0.414. The average Bonchev–Trinajstić information content (AvgIpc) is 1.51. The standard InChI is InChI=1S/C77H105N15O16S2/c1-41(2)76(12)72(107)87-59(43(4)93)68(103)85-56(61(78)97)39-109-37-48-22-17-23-49(32-48)38-110-40-57(82-45(6)95)64(99)88-60(74(7,8)9)69(104)84-55(34-46-20-15-14-16-21-46)70(105)92-31-19-25-58(92)67(102)91-77(13,44(5)94)73(108)86-54(35-50-36-80-62-52(50)24-18-30-79-62)65(100)89-75(10,11)71(106)81-42(3)63(98)83-53(66(101)90-76)33-47-26-28-51(96)29-27-47/h14-18,20-24,26-30,32,36,41-44,53-60,93-94,96H,19,25,31,33-35,37-40H2,1-13H3,(H2,78,97)(H,79,80)(H,81,106)(H,82,95)(H,83,98)(H,84,104)(H,85,103)(H,86,108)(H,87,107)(H,88,99)(H,89,100)(H,90,101)(H,91,102)/t42-,43-,44+,53-,54-,55-,56+,57-,58-,59-,60+,76-,77-/m0/s1. The number of thioether (sulfide) groups is 2. The number of carbonyl (C=O) groups is 13. The summed E-state index contributed by atoms with van der Waals surface area (Å²) in [5, 5.41) is 62.8. The predicted octanol–water partition coefficient (Wildman–Crippen LogP) is 0.979. The van der Waals surface area contributed by atoms with Crippen LogP contribution in [-0.4, -0.2) is 208 Å². The Morgan fingerprint density at radius 2 is 1.23 bits per heavy atom. The fraction of sp³-hybridized carbons (Fsp3) is 0.506. The number of phenols is 1. The van der Waals surface area contributed by atoms with Gasteiger partial charge >= 0.3 is 0 Å². The number of aliphatic hydroxyl groups is 2. The molecule has 13 atom stereocenters. The fourth-order valence-corrected chi connectivity index (χ4v) is 14.4. The molecule has 17 N–H and O–H groups in total. The Kier molecular flexibility index (Phi) is 30.1. The summed E-state index contributed by atoms with van der Waals surface area (Å²) in [6.45, 7) is 18.6. The summed E-state index contributed by atoms with van der Waals surface area (Å²) in [7, 11) is 0. The zero-order valence-electron chi connectivity index (χ0n) is 64.3. The van der Waals surface area contributed by atoms with Gasteiger partial charge in [-0.15, -0.1) is 0 Å². The van der Waals surface area contributed by atoms with Crippen LogP contribution in [0.3, 0.4) is 0 Å². The Morgan fingerprint density at radius 1 is 0.636 bits per heavy atom. The molecule has 110 heavy (non-hydrogen) atoms. The lowest BCUT2D eigenvalue weighted by molar-refractivity contribution is -0.145. The first-order chi connectivity index (χ1) is 51.6. The first-order valence-electron chi connectivity index (χ1n) is 36.4. The summed E-state index contributed by atoms with van der Waals surface area (Å²) in [6, 6.07) is 12.4. The second-order valence-corrected chi connectivity index (χ2v) is 32.5. The number of benzene rings is 3. The molecule has 596 valence electrons. The van der Waals surface area contributed by atoms with Crippen LogP contribution in [0.4, 0.5) is 0 Å². The maximum atomic E-state index is 15.2. The SMILES string of the molecule is CC(=O)N[C@H]1CSCc2cccc(c2)CSC[C@H](C(N)=O)NC(=O)[C@H]([C@H](C)O)NC(=O)[C@](C)(C(C)C)NC(=O)[C@H](Cc2ccc(O)cc2)NC(=O)[C@H](C)NC(=O)C(C)(C)NC(=O)[C@H](Cc2c[nH]c3ncccc23)NC(=O)[C@](C)([C@@H](C)O)NC(=O)[C@@H]2CCCN2C(=O)[C@H](Cc2ccccc2)NC(=O)[C@H](C(C)(C)C)NC1=O. The van der Waals surface area contributed by atoms with Crippen molar-refractivity contribution in [3.63, 3.8) is 0 Å². The number of pyridine rings is 1. The molecule has 4 heterocycles. The van der Waals surface area contributed by atoms with Crippen molar-refractivity contribution < 1.29 is 77.6 Å². The third-order valence-electron chi connectivity index (χ3n) is 19.7. The predicted molar refractivity (Wildman–Crippen MR) is 414 cm³/mol. The highest BCUT2D eigenvalue weighted by atomic mass is 32.2. The monoisotopic (exact) mass is 1560 g/mol. The first-order valence-corrected chi connectivity index (χ1v) is 38.7. The molecular weight excluding hydrogens is 1460 g/mol. The van der Waals surface area contributed by atoms with Gasteiger partial charge < -0.3 is 89.4 Å². The number of phenolic OH excluding ortho intramolecular Hbond substituents is 1. The molecule has 1 saturated heterocycles. The number of hydrogen-bond donors (Lipinski definition) is 16. The number of fused-ring (bicyclic) bond motifs is 4. The van der Waals surface area contributed by atoms with E-state index in [0.29, 0.717) is 45.7 Å². The summed E-state index contributed by atoms with van der Waals surface area (Å²) in [5.41, 5.74) is 2.27. The Hall–Kier alpha value is -10.1. The topological polar surface area (TPSA) is 473 Å². The van der Waals surface area contributed by atoms with Crippen molar-refractivity contribution >= 4 is 111 Å². The van der Waals surface area contributed by atoms with Crippen LogP contribution in [0.15, 0.2) is 103 Å². The minimum absolute atomic E-state index is 0.0195. The fourth-order valence-electron chi connectivity index (χ4n) is 12.4. The molecule has 2 aliphatic heterocycles. The van der Waals surface area contributed by atoms with Crippen molar-refractivity contribution in [2.45, 2.75) is 217 Å². The molecule has 1 fully saturated rings. The van der Waals surface area contributed by atoms with Gasteiger partial charge in [-0.2, -0.15) is 23.5 Å². The molecule has 3 aromatic carbocycles. The van der Waals surface area contributed by atoms with Crippen molar-refractivity contribution in [2.75, 3.05) is 18.1 Å². The molecular formula is C77H105N15O16S2. The Bertz CT molecular complexity index is 4170. The Morgan fingerprint density at radius 3 is 1.84 bits per heavy atom. The maximum Gasteiger partial charge on any atom is 0.248 e. The van der Waals surface area contributed by atoms with Gasteiger partial charge in [0.1, 0.15) is 82.4 Å². The molecule has 5 aromatic rings. The molecule has 0 radical (unpaired) electrons. The van der Waals surface area contributed by atoms with E-state index in [1.165, 1.54) is 114 Å². The molecule has 13 amide bonds. The van der Waals surface area contributed by atoms with E-state index in [2.05, 4.69) is 68.5 Å². The van der Waals surface area contributed by atoms with Gasteiger partial charge in [0.25, 0.3) is 0 Å². The lowest BCUT2D eigenvalue weighted by atomic mass is 9.85. The third-order valence-corrected chi connectivity index (χ3v) is 21.9. The molecule has 0 saturated carbocycles. The van der Waals surface area contributed by atoms with Crippen LogP contribution >= 0.6 is 23.5 Å². The summed E-state index contributed by atoms with van der Waals surface area (Å²) >= 11 is 2.54. The molecule has 0 spiro atoms. The molecule has 7 rings (SSSR count). The van der Waals surface area contributed by atoms with Crippen LogP contribution in [0.2, 0.25) is 0 Å². The van der Waals surface area contributed by atoms with Gasteiger partial charge in [-0.3, -0.25) is 62.3 Å². The quantitative estimate of drug-likeness (QED) is 0.0876. The third kappa shape index (κ3) is 23.2. The number of hydrogen-bond acceptors (Lipinski definition) is 19. The van der Waals surface area contributed by atoms with Crippen molar-refractivity contribution in [3.8, 4) is 5.75 Å². The van der Waals surface area contributed by atoms with E-state index in [1.54, 1.807) is 89.3 Å². The molecule has 2 aliphatic rings. The second kappa shape index (κ2) is 38.0. The number of aromatic nitrogens is 2. The van der Waals surface area contributed by atoms with Crippen LogP contribution in [0.5, 0.6) is 5.75 Å². The molecule has 33 heteroatoms. The van der Waals surface area contributed by atoms with Gasteiger partial charge in [-0.05, 0) is 125 Å². The highest BCUT2D eigenvalue weighted by Crippen LogP contribution is 2.28. The van der Waals surface area contributed by atoms with Crippen LogP contribution < -0.4 is 64.2 Å². The molecule has 2 bridgehead atoms. The van der Waals surface area contributed by atoms with E-state index in [1.807, 2.05) is 18.2 Å². The number of nitrogens with zero attached hydrogens (tertiary/aromatic N) is 2. The van der Waals surface area contributed by atoms with Gasteiger partial charge in [-0.25, -0.2) is 4.98 Å². The van der Waals surface area contributed by atoms with Crippen LogP contribution in [0.1, 0.15) is 131 Å².